The number of thiophene rings is 1. The fourth-order valence-corrected chi connectivity index (χ4v) is 5.26. The standard InChI is InChI=1S/C20H26N2O3S/c21-12-16-15-9-5-10-17(15)26-20(16)22-18(23)13-25-19(24)11-4-8-14-6-2-1-3-7-14/h14H,1-11,13H2,(H,22,23). The van der Waals surface area contributed by atoms with Gasteiger partial charge in [0.05, 0.1) is 5.56 Å². The van der Waals surface area contributed by atoms with Crippen molar-refractivity contribution in [3.63, 3.8) is 0 Å². The van der Waals surface area contributed by atoms with Gasteiger partial charge in [-0.2, -0.15) is 5.26 Å². The van der Waals surface area contributed by atoms with Crippen LogP contribution >= 0.6 is 11.3 Å². The lowest BCUT2D eigenvalue weighted by Gasteiger charge is -2.20. The van der Waals surface area contributed by atoms with Crippen molar-refractivity contribution in [2.24, 2.45) is 5.92 Å². The minimum atomic E-state index is -0.373. The first-order chi connectivity index (χ1) is 12.7. The summed E-state index contributed by atoms with van der Waals surface area (Å²) in [6, 6.07) is 2.19. The molecule has 0 saturated heterocycles. The van der Waals surface area contributed by atoms with E-state index >= 15 is 0 Å². The molecule has 1 aromatic rings. The van der Waals surface area contributed by atoms with Crippen LogP contribution in [0.1, 0.15) is 73.8 Å². The van der Waals surface area contributed by atoms with E-state index in [9.17, 15) is 14.9 Å². The number of nitriles is 1. The fourth-order valence-electron chi connectivity index (χ4n) is 4.00. The Hall–Kier alpha value is -1.87. The van der Waals surface area contributed by atoms with Crippen molar-refractivity contribution in [3.8, 4) is 6.07 Å². The quantitative estimate of drug-likeness (QED) is 0.720. The fraction of sp³-hybridized carbons (Fsp3) is 0.650. The Morgan fingerprint density at radius 2 is 2.00 bits per heavy atom. The van der Waals surface area contributed by atoms with Crippen LogP contribution in [0.2, 0.25) is 0 Å². The van der Waals surface area contributed by atoms with E-state index in [0.29, 0.717) is 17.0 Å². The molecule has 2 aliphatic rings. The highest BCUT2D eigenvalue weighted by molar-refractivity contribution is 7.16. The zero-order valence-corrected chi connectivity index (χ0v) is 16.0. The van der Waals surface area contributed by atoms with Crippen molar-refractivity contribution in [3.05, 3.63) is 16.0 Å². The summed E-state index contributed by atoms with van der Waals surface area (Å²) in [5.41, 5.74) is 1.65. The maximum absolute atomic E-state index is 12.0. The molecular formula is C20H26N2O3S. The van der Waals surface area contributed by atoms with Crippen LogP contribution in [0.5, 0.6) is 0 Å². The monoisotopic (exact) mass is 374 g/mol. The third kappa shape index (κ3) is 4.85. The number of hydrogen-bond donors (Lipinski definition) is 1. The van der Waals surface area contributed by atoms with Gasteiger partial charge in [-0.05, 0) is 43.6 Å². The van der Waals surface area contributed by atoms with E-state index in [2.05, 4.69) is 11.4 Å². The van der Waals surface area contributed by atoms with Crippen molar-refractivity contribution in [1.29, 1.82) is 5.26 Å². The van der Waals surface area contributed by atoms with Crippen LogP contribution in [0.15, 0.2) is 0 Å². The lowest BCUT2D eigenvalue weighted by atomic mass is 9.86. The number of carbonyl (C=O) groups is 2. The van der Waals surface area contributed by atoms with E-state index in [4.69, 9.17) is 4.74 Å². The molecule has 0 atom stereocenters. The molecule has 0 spiro atoms. The lowest BCUT2D eigenvalue weighted by molar-refractivity contribution is -0.147. The van der Waals surface area contributed by atoms with Crippen molar-refractivity contribution >= 4 is 28.2 Å². The smallest absolute Gasteiger partial charge is 0.306 e. The maximum atomic E-state index is 12.0. The van der Waals surface area contributed by atoms with Crippen LogP contribution in [0.4, 0.5) is 5.00 Å². The molecule has 140 valence electrons. The van der Waals surface area contributed by atoms with Crippen LogP contribution in [-0.2, 0) is 27.2 Å². The number of carbonyl (C=O) groups excluding carboxylic acids is 2. The largest absolute Gasteiger partial charge is 0.456 e. The highest BCUT2D eigenvalue weighted by Crippen LogP contribution is 2.38. The van der Waals surface area contributed by atoms with Crippen molar-refractivity contribution in [2.45, 2.75) is 70.6 Å². The van der Waals surface area contributed by atoms with Gasteiger partial charge in [-0.15, -0.1) is 11.3 Å². The predicted octanol–water partition coefficient (Wildman–Crippen LogP) is 4.34. The predicted molar refractivity (Wildman–Crippen MR) is 101 cm³/mol. The lowest BCUT2D eigenvalue weighted by Crippen LogP contribution is -2.21. The van der Waals surface area contributed by atoms with E-state index in [-0.39, 0.29) is 18.5 Å². The summed E-state index contributed by atoms with van der Waals surface area (Å²) in [6.07, 6.45) is 11.8. The van der Waals surface area contributed by atoms with Gasteiger partial charge in [0.25, 0.3) is 5.91 Å². The average Bonchev–Trinajstić information content (AvgIpc) is 3.21. The number of esters is 1. The van der Waals surface area contributed by atoms with Crippen molar-refractivity contribution < 1.29 is 14.3 Å². The zero-order valence-electron chi connectivity index (χ0n) is 15.1. The highest BCUT2D eigenvalue weighted by Gasteiger charge is 2.23. The third-order valence-corrected chi connectivity index (χ3v) is 6.58. The van der Waals surface area contributed by atoms with E-state index in [1.54, 1.807) is 0 Å². The normalized spacial score (nSPS) is 16.7. The Bertz CT molecular complexity index is 699. The van der Waals surface area contributed by atoms with Gasteiger partial charge < -0.3 is 10.1 Å². The number of nitrogens with one attached hydrogen (secondary N) is 1. The summed E-state index contributed by atoms with van der Waals surface area (Å²) >= 11 is 1.47. The van der Waals surface area contributed by atoms with Gasteiger partial charge in [-0.1, -0.05) is 32.1 Å². The molecular weight excluding hydrogens is 348 g/mol. The summed E-state index contributed by atoms with van der Waals surface area (Å²) in [6.45, 7) is -0.282. The summed E-state index contributed by atoms with van der Waals surface area (Å²) in [4.78, 5) is 25.1. The Balaban J connectivity index is 1.37. The summed E-state index contributed by atoms with van der Waals surface area (Å²) in [5, 5.41) is 12.7. The van der Waals surface area contributed by atoms with Crippen molar-refractivity contribution in [1.82, 2.24) is 0 Å². The molecule has 5 nitrogen and oxygen atoms in total. The number of amides is 1. The molecule has 2 aliphatic carbocycles. The number of anilines is 1. The van der Waals surface area contributed by atoms with Crippen molar-refractivity contribution in [2.75, 3.05) is 11.9 Å². The SMILES string of the molecule is N#Cc1c(NC(=O)COC(=O)CCCC2CCCCC2)sc2c1CCC2. The molecule has 26 heavy (non-hydrogen) atoms. The molecule has 0 radical (unpaired) electrons. The van der Waals surface area contributed by atoms with Crippen LogP contribution in [0, 0.1) is 17.2 Å². The van der Waals surface area contributed by atoms with E-state index < -0.39 is 0 Å². The van der Waals surface area contributed by atoms with Gasteiger partial charge in [-0.25, -0.2) is 0 Å². The van der Waals surface area contributed by atoms with E-state index in [0.717, 1.165) is 43.6 Å². The maximum Gasteiger partial charge on any atom is 0.306 e. The molecule has 1 heterocycles. The number of aryl methyl sites for hydroxylation is 1. The van der Waals surface area contributed by atoms with Gasteiger partial charge in [0.15, 0.2) is 6.61 Å². The highest BCUT2D eigenvalue weighted by atomic mass is 32.1. The average molecular weight is 375 g/mol. The minimum Gasteiger partial charge on any atom is -0.456 e. The summed E-state index contributed by atoms with van der Waals surface area (Å²) in [5.74, 6) is 0.0669. The topological polar surface area (TPSA) is 79.2 Å². The summed E-state index contributed by atoms with van der Waals surface area (Å²) < 4.78 is 5.09. The van der Waals surface area contributed by atoms with Gasteiger partial charge in [0.2, 0.25) is 0 Å². The number of ether oxygens (including phenoxy) is 1. The zero-order chi connectivity index (χ0) is 18.4. The van der Waals surface area contributed by atoms with Crippen LogP contribution in [-0.4, -0.2) is 18.5 Å². The second-order valence-corrected chi connectivity index (χ2v) is 8.38. The van der Waals surface area contributed by atoms with E-state index in [1.165, 1.54) is 48.3 Å². The number of fused-ring (bicyclic) bond motifs is 1. The third-order valence-electron chi connectivity index (χ3n) is 5.37. The molecule has 1 fully saturated rings. The first kappa shape index (κ1) is 18.9. The van der Waals surface area contributed by atoms with E-state index in [1.807, 2.05) is 0 Å². The van der Waals surface area contributed by atoms with Gasteiger partial charge in [0, 0.05) is 11.3 Å². The van der Waals surface area contributed by atoms with Crippen LogP contribution < -0.4 is 5.32 Å². The minimum absolute atomic E-state index is 0.282. The van der Waals surface area contributed by atoms with Gasteiger partial charge >= 0.3 is 5.97 Å². The van der Waals surface area contributed by atoms with Crippen LogP contribution in [0.25, 0.3) is 0 Å². The molecule has 1 saturated carbocycles. The molecule has 0 unspecified atom stereocenters. The molecule has 1 N–H and O–H groups in total. The number of rotatable bonds is 7. The Morgan fingerprint density at radius 3 is 2.77 bits per heavy atom. The molecule has 0 bridgehead atoms. The molecule has 3 rings (SSSR count). The second-order valence-electron chi connectivity index (χ2n) is 7.28. The summed E-state index contributed by atoms with van der Waals surface area (Å²) in [7, 11) is 0. The van der Waals surface area contributed by atoms with Crippen LogP contribution in [0.3, 0.4) is 0 Å². The number of nitrogens with zero attached hydrogens (tertiary/aromatic N) is 1. The van der Waals surface area contributed by atoms with Gasteiger partial charge in [-0.3, -0.25) is 9.59 Å². The van der Waals surface area contributed by atoms with Gasteiger partial charge in [0.1, 0.15) is 11.1 Å². The molecule has 1 amide bonds. The Labute approximate surface area is 158 Å². The Kier molecular flexibility index (Phi) is 6.67. The number of hydrogen-bond acceptors (Lipinski definition) is 5. The first-order valence-electron chi connectivity index (χ1n) is 9.67. The molecule has 0 aromatic carbocycles. The molecule has 6 heteroatoms. The second kappa shape index (κ2) is 9.18. The molecule has 0 aliphatic heterocycles. The first-order valence-corrected chi connectivity index (χ1v) is 10.5. The Morgan fingerprint density at radius 1 is 1.19 bits per heavy atom. The molecule has 1 aromatic heterocycles.